The molecule has 1 saturated heterocycles. The van der Waals surface area contributed by atoms with Crippen LogP contribution in [-0.2, 0) is 22.4 Å². The molecule has 2 aromatic rings. The Morgan fingerprint density at radius 2 is 2.19 bits per heavy atom. The predicted octanol–water partition coefficient (Wildman–Crippen LogP) is 4.39. The van der Waals surface area contributed by atoms with Crippen LogP contribution < -0.4 is 5.32 Å². The second-order valence-corrected chi connectivity index (χ2v) is 9.27. The van der Waals surface area contributed by atoms with Gasteiger partial charge in [0.1, 0.15) is 11.1 Å². The van der Waals surface area contributed by atoms with E-state index in [1.165, 1.54) is 23.8 Å². The Morgan fingerprint density at radius 1 is 1.34 bits per heavy atom. The molecule has 0 bridgehead atoms. The summed E-state index contributed by atoms with van der Waals surface area (Å²) in [5, 5.41) is 13.1. The quantitative estimate of drug-likeness (QED) is 0.682. The number of fused-ring (bicyclic) bond motifs is 1. The van der Waals surface area contributed by atoms with E-state index in [0.29, 0.717) is 17.2 Å². The lowest BCUT2D eigenvalue weighted by Crippen LogP contribution is -2.37. The molecule has 2 aliphatic rings. The van der Waals surface area contributed by atoms with Crippen molar-refractivity contribution in [2.75, 3.05) is 25.0 Å². The van der Waals surface area contributed by atoms with Gasteiger partial charge in [0, 0.05) is 36.4 Å². The molecule has 0 radical (unpaired) electrons. The van der Waals surface area contributed by atoms with E-state index in [9.17, 15) is 14.9 Å². The second kappa shape index (κ2) is 10.4. The second-order valence-electron chi connectivity index (χ2n) is 8.16. The van der Waals surface area contributed by atoms with Gasteiger partial charge in [-0.25, -0.2) is 4.79 Å². The fourth-order valence-corrected chi connectivity index (χ4v) is 5.48. The van der Waals surface area contributed by atoms with Crippen molar-refractivity contribution in [3.8, 4) is 6.07 Å². The molecular formula is C24H26N4O3S. The van der Waals surface area contributed by atoms with E-state index >= 15 is 0 Å². The van der Waals surface area contributed by atoms with Crippen LogP contribution in [0, 0.1) is 17.2 Å². The average Bonchev–Trinajstić information content (AvgIpc) is 3.18. The van der Waals surface area contributed by atoms with Gasteiger partial charge in [0.25, 0.3) is 0 Å². The summed E-state index contributed by atoms with van der Waals surface area (Å²) in [5.41, 5.74) is 2.40. The third kappa shape index (κ3) is 5.35. The molecule has 2 amide bonds. The molecule has 1 unspecified atom stereocenters. The number of anilines is 1. The summed E-state index contributed by atoms with van der Waals surface area (Å²) in [7, 11) is 0. The van der Waals surface area contributed by atoms with Crippen molar-refractivity contribution in [3.05, 3.63) is 52.2 Å². The van der Waals surface area contributed by atoms with Crippen molar-refractivity contribution >= 4 is 34.4 Å². The van der Waals surface area contributed by atoms with Gasteiger partial charge in [-0.15, -0.1) is 11.3 Å². The van der Waals surface area contributed by atoms with Crippen LogP contribution in [0.25, 0.3) is 6.08 Å². The van der Waals surface area contributed by atoms with E-state index < -0.39 is 0 Å². The first-order chi connectivity index (χ1) is 15.6. The topological polar surface area (TPSA) is 95.3 Å². The van der Waals surface area contributed by atoms with E-state index in [1.54, 1.807) is 29.4 Å². The maximum atomic E-state index is 12.4. The first kappa shape index (κ1) is 22.0. The lowest BCUT2D eigenvalue weighted by atomic mass is 9.88. The minimum absolute atomic E-state index is 0.215. The van der Waals surface area contributed by atoms with Gasteiger partial charge in [-0.05, 0) is 67.7 Å². The molecule has 1 aliphatic heterocycles. The standard InChI is InChI=1S/C24H26N4O3S/c25-14-20-19-8-6-18(16-31-24(30)28-11-2-1-3-12-28)13-21(19)32-23(20)27-22(29)9-7-17-5-4-10-26-15-17/h4-5,7,9-10,15,18H,1-3,6,8,11-13,16H2,(H,27,29). The normalized spacial score (nSPS) is 18.1. The number of piperidine rings is 1. The summed E-state index contributed by atoms with van der Waals surface area (Å²) in [6.07, 6.45) is 11.9. The predicted molar refractivity (Wildman–Crippen MR) is 123 cm³/mol. The summed E-state index contributed by atoms with van der Waals surface area (Å²) in [6.45, 7) is 1.95. The number of amides is 2. The number of aromatic nitrogens is 1. The van der Waals surface area contributed by atoms with Gasteiger partial charge in [-0.2, -0.15) is 5.26 Å². The first-order valence-electron chi connectivity index (χ1n) is 11.0. The fraction of sp³-hybridized carbons (Fsp3) is 0.417. The third-order valence-electron chi connectivity index (χ3n) is 5.88. The molecular weight excluding hydrogens is 424 g/mol. The number of hydrogen-bond acceptors (Lipinski definition) is 6. The molecule has 4 rings (SSSR count). The molecule has 7 nitrogen and oxygen atoms in total. The van der Waals surface area contributed by atoms with Crippen LogP contribution in [0.3, 0.4) is 0 Å². The summed E-state index contributed by atoms with van der Waals surface area (Å²) >= 11 is 1.45. The van der Waals surface area contributed by atoms with Gasteiger partial charge >= 0.3 is 6.09 Å². The highest BCUT2D eigenvalue weighted by Crippen LogP contribution is 2.39. The summed E-state index contributed by atoms with van der Waals surface area (Å²) in [5.74, 6) is -0.0496. The first-order valence-corrected chi connectivity index (χ1v) is 11.8. The van der Waals surface area contributed by atoms with Crippen LogP contribution in [0.15, 0.2) is 30.6 Å². The Kier molecular flexibility index (Phi) is 7.17. The molecule has 1 atom stereocenters. The van der Waals surface area contributed by atoms with Crippen molar-refractivity contribution in [1.29, 1.82) is 5.26 Å². The molecule has 1 N–H and O–H groups in total. The molecule has 3 heterocycles. The zero-order valence-electron chi connectivity index (χ0n) is 17.9. The van der Waals surface area contributed by atoms with Crippen molar-refractivity contribution in [3.63, 3.8) is 0 Å². The Bertz CT molecular complexity index is 1040. The Hall–Kier alpha value is -3.18. The van der Waals surface area contributed by atoms with Crippen LogP contribution in [-0.4, -0.2) is 41.6 Å². The van der Waals surface area contributed by atoms with Crippen LogP contribution in [0.1, 0.15) is 47.3 Å². The smallest absolute Gasteiger partial charge is 0.409 e. The number of ether oxygens (including phenoxy) is 1. The van der Waals surface area contributed by atoms with E-state index in [2.05, 4.69) is 16.4 Å². The van der Waals surface area contributed by atoms with Gasteiger partial charge in [0.15, 0.2) is 0 Å². The van der Waals surface area contributed by atoms with E-state index in [0.717, 1.165) is 61.2 Å². The Balaban J connectivity index is 1.36. The molecule has 0 spiro atoms. The van der Waals surface area contributed by atoms with Gasteiger partial charge in [-0.1, -0.05) is 6.07 Å². The number of hydrogen-bond donors (Lipinski definition) is 1. The molecule has 166 valence electrons. The minimum Gasteiger partial charge on any atom is -0.449 e. The fourth-order valence-electron chi connectivity index (χ4n) is 4.16. The van der Waals surface area contributed by atoms with Crippen molar-refractivity contribution in [2.24, 2.45) is 5.92 Å². The van der Waals surface area contributed by atoms with E-state index in [-0.39, 0.29) is 17.9 Å². The monoisotopic (exact) mass is 450 g/mol. The molecule has 8 heteroatoms. The largest absolute Gasteiger partial charge is 0.449 e. The highest BCUT2D eigenvalue weighted by molar-refractivity contribution is 7.16. The summed E-state index contributed by atoms with van der Waals surface area (Å²) < 4.78 is 5.58. The Labute approximate surface area is 191 Å². The number of nitriles is 1. The number of nitrogens with zero attached hydrogens (tertiary/aromatic N) is 3. The molecule has 0 aromatic carbocycles. The van der Waals surface area contributed by atoms with Gasteiger partial charge in [-0.3, -0.25) is 9.78 Å². The van der Waals surface area contributed by atoms with Gasteiger partial charge in [0.05, 0.1) is 12.2 Å². The molecule has 2 aromatic heterocycles. The van der Waals surface area contributed by atoms with Crippen LogP contribution in [0.5, 0.6) is 0 Å². The summed E-state index contributed by atoms with van der Waals surface area (Å²) in [6, 6.07) is 5.93. The zero-order valence-corrected chi connectivity index (χ0v) is 18.7. The number of rotatable bonds is 5. The zero-order chi connectivity index (χ0) is 22.3. The molecule has 1 aliphatic carbocycles. The highest BCUT2D eigenvalue weighted by Gasteiger charge is 2.28. The van der Waals surface area contributed by atoms with Crippen molar-refractivity contribution in [2.45, 2.75) is 38.5 Å². The number of carbonyl (C=O) groups is 2. The number of nitrogens with one attached hydrogen (secondary N) is 1. The Morgan fingerprint density at radius 3 is 2.94 bits per heavy atom. The molecule has 1 fully saturated rings. The number of carbonyl (C=O) groups excluding carboxylic acids is 2. The SMILES string of the molecule is N#Cc1c(NC(=O)C=Cc2cccnc2)sc2c1CCC(COC(=O)N1CCCCC1)C2. The van der Waals surface area contributed by atoms with Crippen LogP contribution >= 0.6 is 11.3 Å². The maximum Gasteiger partial charge on any atom is 0.409 e. The number of thiophene rings is 1. The van der Waals surface area contributed by atoms with E-state index in [4.69, 9.17) is 4.74 Å². The van der Waals surface area contributed by atoms with E-state index in [1.807, 2.05) is 6.07 Å². The minimum atomic E-state index is -0.282. The summed E-state index contributed by atoms with van der Waals surface area (Å²) in [4.78, 5) is 31.6. The van der Waals surface area contributed by atoms with Gasteiger partial charge in [0.2, 0.25) is 5.91 Å². The van der Waals surface area contributed by atoms with Gasteiger partial charge < -0.3 is 15.0 Å². The highest BCUT2D eigenvalue weighted by atomic mass is 32.1. The van der Waals surface area contributed by atoms with Crippen molar-refractivity contribution in [1.82, 2.24) is 9.88 Å². The lowest BCUT2D eigenvalue weighted by molar-refractivity contribution is -0.111. The van der Waals surface area contributed by atoms with Crippen molar-refractivity contribution < 1.29 is 14.3 Å². The number of pyridine rings is 1. The molecule has 32 heavy (non-hydrogen) atoms. The number of likely N-dealkylation sites (tertiary alicyclic amines) is 1. The average molecular weight is 451 g/mol. The third-order valence-corrected chi connectivity index (χ3v) is 7.05. The van der Waals surface area contributed by atoms with Crippen LogP contribution in [0.2, 0.25) is 0 Å². The lowest BCUT2D eigenvalue weighted by Gasteiger charge is -2.27. The molecule has 0 saturated carbocycles. The maximum absolute atomic E-state index is 12.4. The van der Waals surface area contributed by atoms with Crippen LogP contribution in [0.4, 0.5) is 9.80 Å².